The van der Waals surface area contributed by atoms with Crippen molar-refractivity contribution in [2.75, 3.05) is 5.73 Å². The van der Waals surface area contributed by atoms with Crippen LogP contribution >= 0.6 is 11.6 Å². The van der Waals surface area contributed by atoms with E-state index in [1.165, 1.54) is 0 Å². The van der Waals surface area contributed by atoms with Crippen LogP contribution in [0.15, 0.2) is 42.6 Å². The number of hydrogen-bond acceptors (Lipinski definition) is 3. The molecule has 0 saturated carbocycles. The van der Waals surface area contributed by atoms with Crippen LogP contribution < -0.4 is 5.73 Å². The number of nitrogens with two attached hydrogens (primary N) is 1. The maximum absolute atomic E-state index is 10.1. The maximum atomic E-state index is 10.1. The standard InChI is InChI=1S/C12H11ClN2O/c13-9-5-3-8(4-6-9)11(16)10-2-1-7-15-12(10)14/h1-7,11,16H,(H2,14,15). The monoisotopic (exact) mass is 234 g/mol. The third-order valence-electron chi connectivity index (χ3n) is 2.35. The molecule has 2 aromatic rings. The molecule has 16 heavy (non-hydrogen) atoms. The second-order valence-electron chi connectivity index (χ2n) is 3.43. The molecule has 1 unspecified atom stereocenters. The van der Waals surface area contributed by atoms with E-state index in [0.29, 0.717) is 16.4 Å². The molecule has 1 heterocycles. The van der Waals surface area contributed by atoms with Crippen LogP contribution in [0, 0.1) is 0 Å². The number of hydrogen-bond donors (Lipinski definition) is 2. The Bertz CT molecular complexity index is 485. The molecule has 3 nitrogen and oxygen atoms in total. The van der Waals surface area contributed by atoms with E-state index in [1.54, 1.807) is 42.6 Å². The highest BCUT2D eigenvalue weighted by atomic mass is 35.5. The summed E-state index contributed by atoms with van der Waals surface area (Å²) in [6.07, 6.45) is 0.818. The topological polar surface area (TPSA) is 59.1 Å². The molecule has 0 aliphatic heterocycles. The predicted molar refractivity (Wildman–Crippen MR) is 64.2 cm³/mol. The zero-order valence-electron chi connectivity index (χ0n) is 8.47. The molecule has 1 atom stereocenters. The molecule has 1 aromatic heterocycles. The van der Waals surface area contributed by atoms with Crippen LogP contribution in [0.5, 0.6) is 0 Å². The normalized spacial score (nSPS) is 12.4. The predicted octanol–water partition coefficient (Wildman–Crippen LogP) is 2.40. The molecule has 1 aromatic carbocycles. The van der Waals surface area contributed by atoms with Gasteiger partial charge in [0.05, 0.1) is 0 Å². The third-order valence-corrected chi connectivity index (χ3v) is 2.60. The minimum Gasteiger partial charge on any atom is -0.384 e. The van der Waals surface area contributed by atoms with Crippen molar-refractivity contribution >= 4 is 17.4 Å². The van der Waals surface area contributed by atoms with Crippen LogP contribution in [0.25, 0.3) is 0 Å². The molecule has 0 spiro atoms. The number of aromatic nitrogens is 1. The lowest BCUT2D eigenvalue weighted by Gasteiger charge is -2.12. The van der Waals surface area contributed by atoms with Gasteiger partial charge in [0, 0.05) is 16.8 Å². The molecule has 0 saturated heterocycles. The van der Waals surface area contributed by atoms with E-state index < -0.39 is 6.10 Å². The molecular formula is C12H11ClN2O. The average Bonchev–Trinajstić information content (AvgIpc) is 2.30. The van der Waals surface area contributed by atoms with E-state index in [9.17, 15) is 5.11 Å². The summed E-state index contributed by atoms with van der Waals surface area (Å²) in [7, 11) is 0. The third kappa shape index (κ3) is 2.15. The van der Waals surface area contributed by atoms with Gasteiger partial charge in [-0.15, -0.1) is 0 Å². The fraction of sp³-hybridized carbons (Fsp3) is 0.0833. The van der Waals surface area contributed by atoms with E-state index in [-0.39, 0.29) is 0 Å². The first-order chi connectivity index (χ1) is 7.68. The minimum atomic E-state index is -0.772. The number of aliphatic hydroxyl groups excluding tert-OH is 1. The summed E-state index contributed by atoms with van der Waals surface area (Å²) in [5, 5.41) is 10.7. The summed E-state index contributed by atoms with van der Waals surface area (Å²) < 4.78 is 0. The van der Waals surface area contributed by atoms with E-state index in [1.807, 2.05) is 0 Å². The highest BCUT2D eigenvalue weighted by molar-refractivity contribution is 6.30. The first-order valence-corrected chi connectivity index (χ1v) is 5.20. The minimum absolute atomic E-state index is 0.338. The first-order valence-electron chi connectivity index (χ1n) is 4.82. The van der Waals surface area contributed by atoms with Gasteiger partial charge in [-0.25, -0.2) is 4.98 Å². The molecule has 0 aliphatic carbocycles. The van der Waals surface area contributed by atoms with Gasteiger partial charge in [0.1, 0.15) is 11.9 Å². The van der Waals surface area contributed by atoms with Crippen LogP contribution in [0.3, 0.4) is 0 Å². The van der Waals surface area contributed by atoms with Gasteiger partial charge in [-0.05, 0) is 23.8 Å². The van der Waals surface area contributed by atoms with Crippen molar-refractivity contribution in [3.8, 4) is 0 Å². The Morgan fingerprint density at radius 1 is 1.19 bits per heavy atom. The number of pyridine rings is 1. The molecule has 0 fully saturated rings. The molecule has 2 rings (SSSR count). The summed E-state index contributed by atoms with van der Waals surface area (Å²) in [5.41, 5.74) is 7.03. The zero-order valence-corrected chi connectivity index (χ0v) is 9.22. The number of nitrogens with zero attached hydrogens (tertiary/aromatic N) is 1. The van der Waals surface area contributed by atoms with Crippen molar-refractivity contribution in [3.63, 3.8) is 0 Å². The molecule has 0 aliphatic rings. The Hall–Kier alpha value is -1.58. The smallest absolute Gasteiger partial charge is 0.129 e. The SMILES string of the molecule is Nc1ncccc1C(O)c1ccc(Cl)cc1. The highest BCUT2D eigenvalue weighted by Gasteiger charge is 2.13. The van der Waals surface area contributed by atoms with Gasteiger partial charge in [-0.2, -0.15) is 0 Å². The van der Waals surface area contributed by atoms with Gasteiger partial charge in [0.15, 0.2) is 0 Å². The fourth-order valence-electron chi connectivity index (χ4n) is 1.49. The number of rotatable bonds is 2. The summed E-state index contributed by atoms with van der Waals surface area (Å²) in [6, 6.07) is 10.5. The van der Waals surface area contributed by atoms with E-state index in [4.69, 9.17) is 17.3 Å². The molecule has 0 radical (unpaired) electrons. The van der Waals surface area contributed by atoms with Crippen LogP contribution in [0.1, 0.15) is 17.2 Å². The van der Waals surface area contributed by atoms with Gasteiger partial charge in [0.25, 0.3) is 0 Å². The Balaban J connectivity index is 2.35. The summed E-state index contributed by atoms with van der Waals surface area (Å²) in [5.74, 6) is 0.338. The van der Waals surface area contributed by atoms with Crippen LogP contribution in [-0.2, 0) is 0 Å². The summed E-state index contributed by atoms with van der Waals surface area (Å²) in [6.45, 7) is 0. The van der Waals surface area contributed by atoms with Gasteiger partial charge in [-0.3, -0.25) is 0 Å². The lowest BCUT2D eigenvalue weighted by Crippen LogP contribution is -2.04. The van der Waals surface area contributed by atoms with E-state index in [2.05, 4.69) is 4.98 Å². The Labute approximate surface area is 98.5 Å². The van der Waals surface area contributed by atoms with Crippen molar-refractivity contribution in [2.24, 2.45) is 0 Å². The van der Waals surface area contributed by atoms with Crippen LogP contribution in [-0.4, -0.2) is 10.1 Å². The number of nitrogen functional groups attached to an aromatic ring is 1. The van der Waals surface area contributed by atoms with Crippen molar-refractivity contribution < 1.29 is 5.11 Å². The number of anilines is 1. The number of halogens is 1. The fourth-order valence-corrected chi connectivity index (χ4v) is 1.61. The highest BCUT2D eigenvalue weighted by Crippen LogP contribution is 2.25. The average molecular weight is 235 g/mol. The van der Waals surface area contributed by atoms with Gasteiger partial charge < -0.3 is 10.8 Å². The Morgan fingerprint density at radius 2 is 1.88 bits per heavy atom. The molecule has 3 N–H and O–H groups in total. The number of aliphatic hydroxyl groups is 1. The van der Waals surface area contributed by atoms with Crippen LogP contribution in [0.4, 0.5) is 5.82 Å². The first kappa shape index (κ1) is 10.9. The Morgan fingerprint density at radius 3 is 2.50 bits per heavy atom. The second kappa shape index (κ2) is 4.51. The molecule has 0 bridgehead atoms. The van der Waals surface area contributed by atoms with Crippen LogP contribution in [0.2, 0.25) is 5.02 Å². The molecule has 0 amide bonds. The lowest BCUT2D eigenvalue weighted by molar-refractivity contribution is 0.220. The number of benzene rings is 1. The summed E-state index contributed by atoms with van der Waals surface area (Å²) in [4.78, 5) is 3.93. The second-order valence-corrected chi connectivity index (χ2v) is 3.87. The quantitative estimate of drug-likeness (QED) is 0.839. The largest absolute Gasteiger partial charge is 0.384 e. The molecule has 4 heteroatoms. The van der Waals surface area contributed by atoms with Crippen molar-refractivity contribution in [1.82, 2.24) is 4.98 Å². The van der Waals surface area contributed by atoms with Crippen molar-refractivity contribution in [3.05, 3.63) is 58.7 Å². The van der Waals surface area contributed by atoms with E-state index >= 15 is 0 Å². The van der Waals surface area contributed by atoms with Gasteiger partial charge in [-0.1, -0.05) is 29.8 Å². The molecular weight excluding hydrogens is 224 g/mol. The van der Waals surface area contributed by atoms with Crippen molar-refractivity contribution in [2.45, 2.75) is 6.10 Å². The zero-order chi connectivity index (χ0) is 11.5. The van der Waals surface area contributed by atoms with Gasteiger partial charge >= 0.3 is 0 Å². The molecule has 82 valence electrons. The van der Waals surface area contributed by atoms with E-state index in [0.717, 1.165) is 5.56 Å². The lowest BCUT2D eigenvalue weighted by atomic mass is 10.0. The van der Waals surface area contributed by atoms with Gasteiger partial charge in [0.2, 0.25) is 0 Å². The Kier molecular flexibility index (Phi) is 3.08. The van der Waals surface area contributed by atoms with Crippen molar-refractivity contribution in [1.29, 1.82) is 0 Å². The summed E-state index contributed by atoms with van der Waals surface area (Å²) >= 11 is 5.77. The maximum Gasteiger partial charge on any atom is 0.129 e.